The molecule has 10 nitrogen and oxygen atoms in total. The van der Waals surface area contributed by atoms with Crippen LogP contribution in [0.1, 0.15) is 175 Å². The van der Waals surface area contributed by atoms with E-state index >= 15 is 0 Å². The second kappa shape index (κ2) is 19.9. The van der Waals surface area contributed by atoms with Crippen LogP contribution >= 0.6 is 11.6 Å². The summed E-state index contributed by atoms with van der Waals surface area (Å²) in [6.07, 6.45) is 5.58. The zero-order valence-electron chi connectivity index (χ0n) is 55.1. The predicted molar refractivity (Wildman–Crippen MR) is 384 cm³/mol. The SMILES string of the molecule is O=C(O)CCCc1ccc(C23c4c5ccc6c4[C@@]4(c7ccc(CCCC(=O)O)cc7)C7=C8C9=C(C72Cl)[C@@]2(c7ccc(CCCC(=O)O)cc7)c7c(ccc-5c73)-c3ccc5c(c32)[C@@]9(c2ccc(CCCC(=O)O)cc2)c2c-5ccc3c2[C@@]8(c2ccc(CCCC(=O)O)cc2)c2c-3ccc-6c24)cc1. The van der Waals surface area contributed by atoms with Gasteiger partial charge in [0.2, 0.25) is 0 Å². The van der Waals surface area contributed by atoms with E-state index in [9.17, 15) is 61.1 Å². The molecule has 5 N–H and O–H groups in total. The third kappa shape index (κ3) is 6.60. The molecule has 0 spiro atoms. The molecule has 0 radical (unpaired) electrons. The van der Waals surface area contributed by atoms with Gasteiger partial charge in [0.25, 0.3) is 0 Å². The largest absolute Gasteiger partial charge is 0.481 e. The molecule has 11 aliphatic rings. The minimum atomic E-state index is -1.49. The zero-order valence-corrected chi connectivity index (χ0v) is 55.8. The first-order valence-electron chi connectivity index (χ1n) is 35.8. The highest BCUT2D eigenvalue weighted by Gasteiger charge is 2.86. The molecular weight excluding hydrogens is 1280 g/mol. The summed E-state index contributed by atoms with van der Waals surface area (Å²) in [5, 5.41) is 49.7. The fraction of sp³-hybridized carbons (Fsp3) is 0.233. The van der Waals surface area contributed by atoms with Crippen LogP contribution in [0, 0.1) is 0 Å². The van der Waals surface area contributed by atoms with Gasteiger partial charge in [-0.3, -0.25) is 24.0 Å². The molecule has 0 aliphatic heterocycles. The fourth-order valence-corrected chi connectivity index (χ4v) is 23.7. The van der Waals surface area contributed by atoms with Crippen molar-refractivity contribution < 1.29 is 49.5 Å². The third-order valence-corrected chi connectivity index (χ3v) is 26.6. The molecule has 2 unspecified atom stereocenters. The summed E-state index contributed by atoms with van der Waals surface area (Å²) in [6, 6.07) is 69.8. The molecule has 21 rings (SSSR count). The zero-order chi connectivity index (χ0) is 68.3. The highest BCUT2D eigenvalue weighted by molar-refractivity contribution is 6.35. The standard InChI is InChI=1S/C90H65ClO10/c91-90-83-81-82-84(90)88(54-32-22-49(23-33-54)9-4-14-69(98)99)76-61-41-39-59-57-37-36-56-58-38-40-60-62-42-44-64-65-45-43-63(61)78(88)80(65)89(90,55-34-24-50(25-35-55)10-5-15-70(100)101)79(64)77(62)87(83,53-30-20-48(21-31-53)8-3-13-68(96)97)75(60)73(58)85(81,51-26-16-46(17-27-51)6-1-11-66(92)93)71(56)72(57)86(82,74(59)76)52-28-18-47(19-29-52)7-2-12-67(94)95/h16-45H,1-15H2,(H,92,93)(H,94,95)(H,96,97)(H,98,99)(H,100,101)/t85-,86+,87-,88+,89?,90?. The summed E-state index contributed by atoms with van der Waals surface area (Å²) in [6.45, 7) is 0. The minimum absolute atomic E-state index is 0.0465. The Morgan fingerprint density at radius 2 is 0.436 bits per heavy atom. The number of benzene rings is 10. The third-order valence-electron chi connectivity index (χ3n) is 25.9. The molecule has 0 saturated carbocycles. The number of allylic oxidation sites excluding steroid dienone is 4. The Hall–Kier alpha value is -10.7. The second-order valence-electron chi connectivity index (χ2n) is 30.2. The summed E-state index contributed by atoms with van der Waals surface area (Å²) >= 11 is 10.6. The van der Waals surface area contributed by atoms with Crippen molar-refractivity contribution in [1.29, 1.82) is 0 Å². The van der Waals surface area contributed by atoms with Gasteiger partial charge >= 0.3 is 29.8 Å². The first kappa shape index (κ1) is 59.2. The Balaban J connectivity index is 0.994. The van der Waals surface area contributed by atoms with E-state index in [0.29, 0.717) is 64.2 Å². The lowest BCUT2D eigenvalue weighted by atomic mass is 9.40. The van der Waals surface area contributed by atoms with Crippen molar-refractivity contribution >= 4 is 41.4 Å². The summed E-state index contributed by atoms with van der Waals surface area (Å²) in [7, 11) is 0. The molecule has 0 fully saturated rings. The highest BCUT2D eigenvalue weighted by Crippen LogP contribution is 2.92. The van der Waals surface area contributed by atoms with Crippen LogP contribution in [0.15, 0.2) is 204 Å². The smallest absolute Gasteiger partial charge is 0.303 e. The van der Waals surface area contributed by atoms with Crippen molar-refractivity contribution in [3.05, 3.63) is 316 Å². The maximum Gasteiger partial charge on any atom is 0.303 e. The molecule has 0 saturated heterocycles. The lowest BCUT2D eigenvalue weighted by Crippen LogP contribution is -2.65. The van der Waals surface area contributed by atoms with E-state index < -0.39 is 61.8 Å². The average Bonchev–Trinajstić information content (AvgIpc) is 1.39. The summed E-state index contributed by atoms with van der Waals surface area (Å²) < 4.78 is 0. The van der Waals surface area contributed by atoms with Crippen molar-refractivity contribution in [2.75, 3.05) is 0 Å². The van der Waals surface area contributed by atoms with E-state index in [1.54, 1.807) is 0 Å². The van der Waals surface area contributed by atoms with E-state index in [2.05, 4.69) is 182 Å². The molecule has 10 aromatic carbocycles. The summed E-state index contributed by atoms with van der Waals surface area (Å²) in [5.74, 6) is -4.14. The first-order valence-corrected chi connectivity index (χ1v) is 36.2. The number of carboxylic acids is 5. The van der Waals surface area contributed by atoms with Crippen LogP contribution in [-0.2, 0) is 83.2 Å². The molecule has 0 aromatic heterocycles. The number of hydrogen-bond acceptors (Lipinski definition) is 5. The topological polar surface area (TPSA) is 186 Å². The molecule has 10 aromatic rings. The summed E-state index contributed by atoms with van der Waals surface area (Å²) in [5.41, 5.74) is 33.6. The van der Waals surface area contributed by atoms with Crippen molar-refractivity contribution in [3.8, 4) is 55.6 Å². The lowest BCUT2D eigenvalue weighted by molar-refractivity contribution is -0.138. The number of alkyl halides is 1. The number of hydrogen-bond donors (Lipinski definition) is 5. The Morgan fingerprint density at radius 1 is 0.248 bits per heavy atom. The molecule has 492 valence electrons. The van der Waals surface area contributed by atoms with Crippen LogP contribution in [0.25, 0.3) is 55.6 Å². The van der Waals surface area contributed by atoms with E-state index in [-0.39, 0.29) is 32.1 Å². The number of fused-ring (bicyclic) bond motifs is 5. The van der Waals surface area contributed by atoms with Crippen molar-refractivity contribution in [2.24, 2.45) is 0 Å². The molecule has 11 heteroatoms. The van der Waals surface area contributed by atoms with Gasteiger partial charge in [0.1, 0.15) is 4.87 Å². The predicted octanol–water partition coefficient (Wildman–Crippen LogP) is 17.2. The van der Waals surface area contributed by atoms with E-state index in [1.807, 2.05) is 0 Å². The van der Waals surface area contributed by atoms with Crippen LogP contribution in [0.4, 0.5) is 0 Å². The fourth-order valence-electron chi connectivity index (χ4n) is 22.9. The molecule has 0 heterocycles. The normalized spacial score (nSPS) is 23.5. The number of aryl methyl sites for hydroxylation is 5. The number of carbonyl (C=O) groups is 5. The Bertz CT molecular complexity index is 5360. The number of rotatable bonds is 25. The molecule has 0 amide bonds. The van der Waals surface area contributed by atoms with Gasteiger partial charge in [0.05, 0.1) is 27.1 Å². The molecule has 101 heavy (non-hydrogen) atoms. The second-order valence-corrected chi connectivity index (χ2v) is 30.7. The molecule has 6 atom stereocenters. The van der Waals surface area contributed by atoms with E-state index in [1.165, 1.54) is 66.8 Å². The van der Waals surface area contributed by atoms with Crippen LogP contribution in [0.2, 0.25) is 0 Å². The van der Waals surface area contributed by atoms with E-state index in [4.69, 9.17) is 0 Å². The number of carboxylic acid groups (broad SMARTS) is 5. The Labute approximate surface area is 587 Å². The van der Waals surface area contributed by atoms with Crippen LogP contribution in [0.3, 0.4) is 0 Å². The quantitative estimate of drug-likeness (QED) is 0.0345. The summed E-state index contributed by atoms with van der Waals surface area (Å²) in [4.78, 5) is 59.0. The monoisotopic (exact) mass is 1340 g/mol. The van der Waals surface area contributed by atoms with Gasteiger partial charge in [0.15, 0.2) is 0 Å². The minimum Gasteiger partial charge on any atom is -0.481 e. The van der Waals surface area contributed by atoms with Crippen molar-refractivity contribution in [3.63, 3.8) is 0 Å². The van der Waals surface area contributed by atoms with E-state index in [0.717, 1.165) is 122 Å². The van der Waals surface area contributed by atoms with Gasteiger partial charge in [-0.1, -0.05) is 182 Å². The molecule has 0 bridgehead atoms. The maximum absolute atomic E-state index is 12.1. The van der Waals surface area contributed by atoms with Gasteiger partial charge in [-0.2, -0.15) is 0 Å². The van der Waals surface area contributed by atoms with Gasteiger partial charge in [-0.15, -0.1) is 11.6 Å². The van der Waals surface area contributed by atoms with Gasteiger partial charge in [0, 0.05) is 32.1 Å². The Morgan fingerprint density at radius 3 is 0.663 bits per heavy atom. The highest BCUT2D eigenvalue weighted by atomic mass is 35.5. The van der Waals surface area contributed by atoms with Gasteiger partial charge in [-0.05, 0) is 253 Å². The lowest BCUT2D eigenvalue weighted by Gasteiger charge is -2.64. The van der Waals surface area contributed by atoms with Crippen LogP contribution in [-0.4, -0.2) is 60.3 Å². The average molecular weight is 1340 g/mol. The number of halogens is 1. The Kier molecular flexibility index (Phi) is 11.6. The molecular formula is C90H65ClO10. The molecule has 11 aliphatic carbocycles. The van der Waals surface area contributed by atoms with Crippen LogP contribution < -0.4 is 0 Å². The van der Waals surface area contributed by atoms with Crippen LogP contribution in [0.5, 0.6) is 0 Å². The maximum atomic E-state index is 12.1. The van der Waals surface area contributed by atoms with Crippen molar-refractivity contribution in [1.82, 2.24) is 0 Å². The number of aliphatic carboxylic acids is 5. The van der Waals surface area contributed by atoms with Gasteiger partial charge in [-0.25, -0.2) is 0 Å². The first-order chi connectivity index (χ1) is 49.1. The van der Waals surface area contributed by atoms with Crippen molar-refractivity contribution in [2.45, 2.75) is 128 Å². The van der Waals surface area contributed by atoms with Gasteiger partial charge < -0.3 is 25.5 Å².